The molecular weight excluding hydrogens is 270 g/mol. The second kappa shape index (κ2) is 6.72. The molecule has 1 aliphatic rings. The summed E-state index contributed by atoms with van der Waals surface area (Å²) in [6.45, 7) is 4.82. The van der Waals surface area contributed by atoms with Gasteiger partial charge in [-0.25, -0.2) is 0 Å². The standard InChI is InChI=1S/C16H21NO4/c1-3-17(14-10-21-9-13(14)16(19)20)15(18)8-12-6-4-11(2)5-7-12/h4-7,13-14H,3,8-10H2,1-2H3,(H,19,20). The average Bonchev–Trinajstić information content (AvgIpc) is 2.91. The number of likely N-dealkylation sites (N-methyl/N-ethyl adjacent to an activating group) is 1. The fourth-order valence-corrected chi connectivity index (χ4v) is 2.66. The van der Waals surface area contributed by atoms with Gasteiger partial charge in [-0.2, -0.15) is 0 Å². The Labute approximate surface area is 124 Å². The lowest BCUT2D eigenvalue weighted by Gasteiger charge is -2.29. The Kier molecular flexibility index (Phi) is 4.96. The van der Waals surface area contributed by atoms with Crippen molar-refractivity contribution in [2.45, 2.75) is 26.3 Å². The van der Waals surface area contributed by atoms with Crippen LogP contribution in [0, 0.1) is 12.8 Å². The lowest BCUT2D eigenvalue weighted by molar-refractivity contribution is -0.144. The highest BCUT2D eigenvalue weighted by molar-refractivity contribution is 5.80. The Bertz CT molecular complexity index is 512. The Morgan fingerprint density at radius 3 is 2.52 bits per heavy atom. The summed E-state index contributed by atoms with van der Waals surface area (Å²) in [6, 6.07) is 7.43. The molecule has 0 aliphatic carbocycles. The molecule has 1 saturated heterocycles. The monoisotopic (exact) mass is 291 g/mol. The number of amides is 1. The van der Waals surface area contributed by atoms with E-state index in [-0.39, 0.29) is 25.0 Å². The zero-order valence-electron chi connectivity index (χ0n) is 12.4. The molecule has 0 radical (unpaired) electrons. The van der Waals surface area contributed by atoms with E-state index in [1.54, 1.807) is 4.90 Å². The first-order chi connectivity index (χ1) is 10.0. The van der Waals surface area contributed by atoms with Crippen molar-refractivity contribution in [3.05, 3.63) is 35.4 Å². The first-order valence-electron chi connectivity index (χ1n) is 7.18. The van der Waals surface area contributed by atoms with Gasteiger partial charge in [-0.1, -0.05) is 29.8 Å². The molecule has 5 nitrogen and oxygen atoms in total. The van der Waals surface area contributed by atoms with Crippen LogP contribution in [-0.4, -0.2) is 47.7 Å². The number of ether oxygens (including phenoxy) is 1. The van der Waals surface area contributed by atoms with Gasteiger partial charge in [-0.15, -0.1) is 0 Å². The summed E-state index contributed by atoms with van der Waals surface area (Å²) in [6.07, 6.45) is 0.289. The number of carbonyl (C=O) groups is 2. The van der Waals surface area contributed by atoms with E-state index in [0.717, 1.165) is 11.1 Å². The van der Waals surface area contributed by atoms with Crippen LogP contribution in [0.15, 0.2) is 24.3 Å². The van der Waals surface area contributed by atoms with Crippen molar-refractivity contribution in [2.75, 3.05) is 19.8 Å². The minimum absolute atomic E-state index is 0.0527. The van der Waals surface area contributed by atoms with Crippen molar-refractivity contribution in [3.8, 4) is 0 Å². The van der Waals surface area contributed by atoms with E-state index >= 15 is 0 Å². The topological polar surface area (TPSA) is 66.8 Å². The maximum Gasteiger partial charge on any atom is 0.311 e. The van der Waals surface area contributed by atoms with E-state index in [4.69, 9.17) is 4.74 Å². The molecule has 1 N–H and O–H groups in total. The van der Waals surface area contributed by atoms with E-state index < -0.39 is 11.9 Å². The smallest absolute Gasteiger partial charge is 0.311 e. The normalized spacial score (nSPS) is 21.2. The maximum absolute atomic E-state index is 12.5. The van der Waals surface area contributed by atoms with Crippen LogP contribution in [0.25, 0.3) is 0 Å². The summed E-state index contributed by atoms with van der Waals surface area (Å²) in [5.74, 6) is -1.59. The molecule has 114 valence electrons. The molecule has 0 saturated carbocycles. The van der Waals surface area contributed by atoms with Crippen molar-refractivity contribution in [1.29, 1.82) is 0 Å². The summed E-state index contributed by atoms with van der Waals surface area (Å²) in [5, 5.41) is 9.21. The van der Waals surface area contributed by atoms with Gasteiger partial charge in [-0.05, 0) is 19.4 Å². The van der Waals surface area contributed by atoms with Crippen LogP contribution >= 0.6 is 0 Å². The fourth-order valence-electron chi connectivity index (χ4n) is 2.66. The molecule has 2 atom stereocenters. The van der Waals surface area contributed by atoms with Gasteiger partial charge < -0.3 is 14.7 Å². The predicted molar refractivity (Wildman–Crippen MR) is 78.0 cm³/mol. The van der Waals surface area contributed by atoms with Gasteiger partial charge in [-0.3, -0.25) is 9.59 Å². The molecular formula is C16H21NO4. The van der Waals surface area contributed by atoms with Crippen molar-refractivity contribution in [2.24, 2.45) is 5.92 Å². The molecule has 0 aromatic heterocycles. The van der Waals surface area contributed by atoms with E-state index in [1.165, 1.54) is 0 Å². The lowest BCUT2D eigenvalue weighted by atomic mass is 10.0. The molecule has 1 fully saturated rings. The number of hydrogen-bond acceptors (Lipinski definition) is 3. The molecule has 1 aliphatic heterocycles. The average molecular weight is 291 g/mol. The van der Waals surface area contributed by atoms with E-state index in [2.05, 4.69) is 0 Å². The largest absolute Gasteiger partial charge is 0.481 e. The third-order valence-corrected chi connectivity index (χ3v) is 3.90. The number of aliphatic carboxylic acids is 1. The highest BCUT2D eigenvalue weighted by Crippen LogP contribution is 2.21. The van der Waals surface area contributed by atoms with Crippen LogP contribution in [0.2, 0.25) is 0 Å². The molecule has 1 heterocycles. The van der Waals surface area contributed by atoms with Crippen LogP contribution in [0.5, 0.6) is 0 Å². The van der Waals surface area contributed by atoms with Crippen molar-refractivity contribution in [3.63, 3.8) is 0 Å². The predicted octanol–water partition coefficient (Wildman–Crippen LogP) is 1.49. The summed E-state index contributed by atoms with van der Waals surface area (Å²) >= 11 is 0. The quantitative estimate of drug-likeness (QED) is 0.892. The van der Waals surface area contributed by atoms with Crippen molar-refractivity contribution >= 4 is 11.9 Å². The summed E-state index contributed by atoms with van der Waals surface area (Å²) in [7, 11) is 0. The minimum atomic E-state index is -0.904. The highest BCUT2D eigenvalue weighted by Gasteiger charge is 2.39. The van der Waals surface area contributed by atoms with Gasteiger partial charge in [0.25, 0.3) is 0 Å². The zero-order chi connectivity index (χ0) is 15.4. The van der Waals surface area contributed by atoms with Crippen LogP contribution in [0.1, 0.15) is 18.1 Å². The van der Waals surface area contributed by atoms with Gasteiger partial charge in [0.2, 0.25) is 5.91 Å². The van der Waals surface area contributed by atoms with E-state index in [1.807, 2.05) is 38.1 Å². The Morgan fingerprint density at radius 2 is 1.95 bits per heavy atom. The third-order valence-electron chi connectivity index (χ3n) is 3.90. The van der Waals surface area contributed by atoms with Crippen molar-refractivity contribution in [1.82, 2.24) is 4.90 Å². The highest BCUT2D eigenvalue weighted by atomic mass is 16.5. The zero-order valence-corrected chi connectivity index (χ0v) is 12.4. The second-order valence-electron chi connectivity index (χ2n) is 5.39. The molecule has 1 aromatic carbocycles. The Balaban J connectivity index is 2.07. The van der Waals surface area contributed by atoms with Crippen molar-refractivity contribution < 1.29 is 19.4 Å². The Hall–Kier alpha value is -1.88. The first kappa shape index (κ1) is 15.5. The van der Waals surface area contributed by atoms with E-state index in [0.29, 0.717) is 13.2 Å². The molecule has 1 amide bonds. The van der Waals surface area contributed by atoms with Crippen LogP contribution < -0.4 is 0 Å². The molecule has 1 aromatic rings. The molecule has 0 spiro atoms. The number of benzene rings is 1. The SMILES string of the molecule is CCN(C(=O)Cc1ccc(C)cc1)C1COCC1C(=O)O. The van der Waals surface area contributed by atoms with Gasteiger partial charge in [0.1, 0.15) is 5.92 Å². The summed E-state index contributed by atoms with van der Waals surface area (Å²) < 4.78 is 5.26. The van der Waals surface area contributed by atoms with Gasteiger partial charge in [0.15, 0.2) is 0 Å². The first-order valence-corrected chi connectivity index (χ1v) is 7.18. The molecule has 21 heavy (non-hydrogen) atoms. The number of aryl methyl sites for hydroxylation is 1. The number of hydrogen-bond donors (Lipinski definition) is 1. The maximum atomic E-state index is 12.5. The second-order valence-corrected chi connectivity index (χ2v) is 5.39. The number of carboxylic acid groups (broad SMARTS) is 1. The Morgan fingerprint density at radius 1 is 1.29 bits per heavy atom. The molecule has 2 unspecified atom stereocenters. The number of carboxylic acids is 1. The molecule has 2 rings (SSSR count). The summed E-state index contributed by atoms with van der Waals surface area (Å²) in [5.41, 5.74) is 2.09. The number of nitrogens with zero attached hydrogens (tertiary/aromatic N) is 1. The number of rotatable bonds is 5. The third kappa shape index (κ3) is 3.61. The molecule has 0 bridgehead atoms. The number of carbonyl (C=O) groups excluding carboxylic acids is 1. The van der Waals surface area contributed by atoms with Gasteiger partial charge in [0, 0.05) is 6.54 Å². The van der Waals surface area contributed by atoms with Crippen LogP contribution in [-0.2, 0) is 20.7 Å². The van der Waals surface area contributed by atoms with Gasteiger partial charge >= 0.3 is 5.97 Å². The summed E-state index contributed by atoms with van der Waals surface area (Å²) in [4.78, 5) is 25.3. The molecule has 5 heteroatoms. The van der Waals surface area contributed by atoms with Gasteiger partial charge in [0.05, 0.1) is 25.7 Å². The van der Waals surface area contributed by atoms with Crippen LogP contribution in [0.3, 0.4) is 0 Å². The van der Waals surface area contributed by atoms with E-state index in [9.17, 15) is 14.7 Å². The van der Waals surface area contributed by atoms with Crippen LogP contribution in [0.4, 0.5) is 0 Å². The fraction of sp³-hybridized carbons (Fsp3) is 0.500. The lowest BCUT2D eigenvalue weighted by Crippen LogP contribution is -2.47. The minimum Gasteiger partial charge on any atom is -0.481 e.